The zero-order valence-corrected chi connectivity index (χ0v) is 37.8. The highest BCUT2D eigenvalue weighted by molar-refractivity contribution is 7.26. The summed E-state index contributed by atoms with van der Waals surface area (Å²) in [6, 6.07) is 80.3. The normalized spacial score (nSPS) is 13.9. The molecule has 12 aromatic rings. The summed E-state index contributed by atoms with van der Waals surface area (Å²) in [4.78, 5) is 16.2. The highest BCUT2D eigenvalue weighted by Gasteiger charge is 2.26. The zero-order chi connectivity index (χ0) is 45.0. The van der Waals surface area contributed by atoms with Crippen molar-refractivity contribution in [3.05, 3.63) is 254 Å². The fourth-order valence-electron chi connectivity index (χ4n) is 10.3. The standard InChI is InChI=1S/C63H42N4S/c1-6-20-41(21-7-1)46-36-47(42-22-8-2-9-23-42)38-48(37-46)62-64-61(45-28-14-5-15-29-45)65-63(66-62)49-39-52(43-24-10-3-11-25-43)60(53(40-49)44-26-12-4-13-27-44)67-54-32-18-16-30-50(54)58-55(67)34-35-57-59(58)51-31-17-19-33-56(51)68-57/h1-35,37-40,46H,36H2/t46-/m0/s1. The van der Waals surface area contributed by atoms with Crippen molar-refractivity contribution in [3.63, 3.8) is 0 Å². The van der Waals surface area contributed by atoms with Crippen molar-refractivity contribution in [2.75, 3.05) is 0 Å². The first-order valence-corrected chi connectivity index (χ1v) is 24.0. The van der Waals surface area contributed by atoms with Crippen LogP contribution in [0.1, 0.15) is 29.3 Å². The molecule has 4 nitrogen and oxygen atoms in total. The van der Waals surface area contributed by atoms with E-state index in [9.17, 15) is 0 Å². The van der Waals surface area contributed by atoms with Crippen molar-refractivity contribution in [2.24, 2.45) is 0 Å². The minimum absolute atomic E-state index is 0.139. The predicted molar refractivity (Wildman–Crippen MR) is 285 cm³/mol. The third kappa shape index (κ3) is 6.95. The number of hydrogen-bond donors (Lipinski definition) is 0. The molecule has 1 aliphatic rings. The third-order valence-corrected chi connectivity index (χ3v) is 14.5. The van der Waals surface area contributed by atoms with Gasteiger partial charge in [0.2, 0.25) is 0 Å². The lowest BCUT2D eigenvalue weighted by Crippen LogP contribution is -2.08. The summed E-state index contributed by atoms with van der Waals surface area (Å²) in [5, 5.41) is 5.09. The van der Waals surface area contributed by atoms with Crippen molar-refractivity contribution in [3.8, 4) is 50.7 Å². The number of para-hydroxylation sites is 1. The Bertz CT molecular complexity index is 3850. The first kappa shape index (κ1) is 39.8. The van der Waals surface area contributed by atoms with Gasteiger partial charge in [0.25, 0.3) is 0 Å². The topological polar surface area (TPSA) is 43.6 Å². The number of allylic oxidation sites excluding steroid dienone is 4. The van der Waals surface area contributed by atoms with Gasteiger partial charge >= 0.3 is 0 Å². The Hall–Kier alpha value is -8.51. The van der Waals surface area contributed by atoms with Crippen molar-refractivity contribution < 1.29 is 0 Å². The van der Waals surface area contributed by atoms with Crippen LogP contribution >= 0.6 is 11.3 Å². The van der Waals surface area contributed by atoms with Crippen LogP contribution in [0.5, 0.6) is 0 Å². The average molecular weight is 887 g/mol. The van der Waals surface area contributed by atoms with Gasteiger partial charge in [-0.1, -0.05) is 194 Å². The minimum atomic E-state index is 0.139. The lowest BCUT2D eigenvalue weighted by Gasteiger charge is -2.23. The van der Waals surface area contributed by atoms with E-state index in [0.29, 0.717) is 17.5 Å². The average Bonchev–Trinajstić information content (AvgIpc) is 3.97. The minimum Gasteiger partial charge on any atom is -0.308 e. The summed E-state index contributed by atoms with van der Waals surface area (Å²) in [5.74, 6) is 2.02. The van der Waals surface area contributed by atoms with E-state index >= 15 is 0 Å². The Morgan fingerprint density at radius 3 is 1.60 bits per heavy atom. The van der Waals surface area contributed by atoms with Gasteiger partial charge in [0.15, 0.2) is 17.5 Å². The molecule has 0 amide bonds. The number of benzene rings is 9. The summed E-state index contributed by atoms with van der Waals surface area (Å²) in [6.07, 6.45) is 5.51. The first-order valence-electron chi connectivity index (χ1n) is 23.2. The fraction of sp³-hybridized carbons (Fsp3) is 0.0317. The van der Waals surface area contributed by atoms with Crippen LogP contribution in [0, 0.1) is 0 Å². The molecule has 0 bridgehead atoms. The van der Waals surface area contributed by atoms with Crippen LogP contribution in [0.15, 0.2) is 237 Å². The molecule has 0 N–H and O–H groups in total. The van der Waals surface area contributed by atoms with Crippen LogP contribution in [0.3, 0.4) is 0 Å². The molecule has 0 saturated carbocycles. The fourth-order valence-corrected chi connectivity index (χ4v) is 11.4. The monoisotopic (exact) mass is 886 g/mol. The van der Waals surface area contributed by atoms with E-state index in [0.717, 1.165) is 62.1 Å². The Kier molecular flexibility index (Phi) is 9.80. The molecule has 0 fully saturated rings. The van der Waals surface area contributed by atoms with E-state index in [1.54, 1.807) is 0 Å². The number of thiophene rings is 1. The van der Waals surface area contributed by atoms with Gasteiger partial charge in [0.05, 0.1) is 16.7 Å². The van der Waals surface area contributed by atoms with Crippen molar-refractivity contribution >= 4 is 64.5 Å². The van der Waals surface area contributed by atoms with Crippen LogP contribution in [0.4, 0.5) is 0 Å². The van der Waals surface area contributed by atoms with Crippen molar-refractivity contribution in [1.82, 2.24) is 19.5 Å². The quantitative estimate of drug-likeness (QED) is 0.153. The number of rotatable bonds is 8. The largest absolute Gasteiger partial charge is 0.308 e. The van der Waals surface area contributed by atoms with E-state index in [4.69, 9.17) is 15.0 Å². The van der Waals surface area contributed by atoms with Gasteiger partial charge in [-0.15, -0.1) is 11.3 Å². The molecule has 13 rings (SSSR count). The predicted octanol–water partition coefficient (Wildman–Crippen LogP) is 16.7. The second-order valence-corrected chi connectivity index (χ2v) is 18.6. The zero-order valence-electron chi connectivity index (χ0n) is 37.0. The van der Waals surface area contributed by atoms with E-state index in [2.05, 4.69) is 223 Å². The van der Waals surface area contributed by atoms with Gasteiger partial charge < -0.3 is 4.57 Å². The van der Waals surface area contributed by atoms with E-state index in [1.807, 2.05) is 29.5 Å². The first-order chi connectivity index (χ1) is 33.7. The third-order valence-electron chi connectivity index (χ3n) is 13.4. The van der Waals surface area contributed by atoms with E-state index < -0.39 is 0 Å². The molecule has 3 heterocycles. The number of nitrogens with zero attached hydrogens (tertiary/aromatic N) is 4. The maximum atomic E-state index is 5.49. The smallest absolute Gasteiger partial charge is 0.164 e. The summed E-state index contributed by atoms with van der Waals surface area (Å²) >= 11 is 1.86. The highest BCUT2D eigenvalue weighted by atomic mass is 32.1. The molecule has 0 saturated heterocycles. The van der Waals surface area contributed by atoms with Gasteiger partial charge in [-0.3, -0.25) is 0 Å². The highest BCUT2D eigenvalue weighted by Crippen LogP contribution is 2.48. The number of aromatic nitrogens is 4. The summed E-state index contributed by atoms with van der Waals surface area (Å²) < 4.78 is 5.09. The molecule has 3 aromatic heterocycles. The maximum Gasteiger partial charge on any atom is 0.164 e. The second kappa shape index (κ2) is 16.7. The Labute approximate surface area is 398 Å². The summed E-state index contributed by atoms with van der Waals surface area (Å²) in [7, 11) is 0. The SMILES string of the molecule is C1=C(c2ccccc2)C[C@H](c2ccccc2)C=C1c1nc(-c2ccccc2)nc(-c2cc(-c3ccccc3)c(-n3c4ccccc4c4c5c(ccc43)sc3ccccc35)c(-c3ccccc3)c2)n1. The lowest BCUT2D eigenvalue weighted by molar-refractivity contribution is 0.867. The molecule has 0 unspecified atom stereocenters. The Balaban J connectivity index is 1.10. The van der Waals surface area contributed by atoms with Crippen molar-refractivity contribution in [1.29, 1.82) is 0 Å². The molecule has 0 spiro atoms. The van der Waals surface area contributed by atoms with Crippen molar-refractivity contribution in [2.45, 2.75) is 12.3 Å². The summed E-state index contributed by atoms with van der Waals surface area (Å²) in [5.41, 5.74) is 14.3. The van der Waals surface area contributed by atoms with Gasteiger partial charge in [-0.25, -0.2) is 15.0 Å². The van der Waals surface area contributed by atoms with Gasteiger partial charge in [0.1, 0.15) is 0 Å². The molecular formula is C63H42N4S. The van der Waals surface area contributed by atoms with Crippen LogP contribution in [0.25, 0.3) is 104 Å². The molecule has 5 heteroatoms. The molecule has 68 heavy (non-hydrogen) atoms. The lowest BCUT2D eigenvalue weighted by atomic mass is 9.83. The molecule has 0 radical (unpaired) electrons. The number of hydrogen-bond acceptors (Lipinski definition) is 4. The Morgan fingerprint density at radius 2 is 0.941 bits per heavy atom. The molecule has 320 valence electrons. The van der Waals surface area contributed by atoms with Crippen LogP contribution in [0.2, 0.25) is 0 Å². The molecule has 0 aliphatic heterocycles. The molecule has 1 aliphatic carbocycles. The van der Waals surface area contributed by atoms with Gasteiger partial charge in [-0.2, -0.15) is 0 Å². The van der Waals surface area contributed by atoms with E-state index in [-0.39, 0.29) is 5.92 Å². The van der Waals surface area contributed by atoms with Crippen LogP contribution in [-0.4, -0.2) is 19.5 Å². The van der Waals surface area contributed by atoms with Crippen LogP contribution < -0.4 is 0 Å². The van der Waals surface area contributed by atoms with Gasteiger partial charge in [-0.05, 0) is 76.7 Å². The Morgan fingerprint density at radius 1 is 0.412 bits per heavy atom. The van der Waals surface area contributed by atoms with Crippen LogP contribution in [-0.2, 0) is 0 Å². The maximum absolute atomic E-state index is 5.49. The summed E-state index contributed by atoms with van der Waals surface area (Å²) in [6.45, 7) is 0. The molecule has 9 aromatic carbocycles. The van der Waals surface area contributed by atoms with E-state index in [1.165, 1.54) is 47.6 Å². The molecular weight excluding hydrogens is 845 g/mol. The molecule has 1 atom stereocenters. The number of fused-ring (bicyclic) bond motifs is 7. The van der Waals surface area contributed by atoms with Gasteiger partial charge in [0, 0.05) is 64.7 Å². The second-order valence-electron chi connectivity index (χ2n) is 17.5.